The number of amides is 3. The van der Waals surface area contributed by atoms with Gasteiger partial charge in [-0.2, -0.15) is 5.26 Å². The van der Waals surface area contributed by atoms with Crippen molar-refractivity contribution in [3.05, 3.63) is 28.9 Å². The fourth-order valence-corrected chi connectivity index (χ4v) is 4.35. The van der Waals surface area contributed by atoms with Crippen molar-refractivity contribution in [1.29, 1.82) is 5.26 Å². The standard InChI is InChI=1S/C24H30ClN5O4/c1-24(2,3)11-19(23(33)28-14(12-26)9-13-7-8-27-21(13)31)30-22(32)18-10-15-17(29-18)6-5-16(25)20(15)34-4/h5-6,10,13-14,19,29H,7-9,11H2,1-4H3,(H,27,31)(H,28,33)(H,30,32)/t13-,14-,19-/m0/s1. The maximum atomic E-state index is 13.1. The molecular weight excluding hydrogens is 458 g/mol. The van der Waals surface area contributed by atoms with E-state index in [1.165, 1.54) is 7.11 Å². The van der Waals surface area contributed by atoms with Crippen molar-refractivity contribution in [2.75, 3.05) is 13.7 Å². The van der Waals surface area contributed by atoms with Gasteiger partial charge in [-0.1, -0.05) is 32.4 Å². The molecule has 34 heavy (non-hydrogen) atoms. The Morgan fingerprint density at radius 1 is 1.32 bits per heavy atom. The molecule has 1 saturated heterocycles. The quantitative estimate of drug-likeness (QED) is 0.454. The molecule has 4 N–H and O–H groups in total. The number of hydrogen-bond acceptors (Lipinski definition) is 5. The first-order valence-corrected chi connectivity index (χ1v) is 11.5. The molecular formula is C24H30ClN5O4. The smallest absolute Gasteiger partial charge is 0.268 e. The van der Waals surface area contributed by atoms with Crippen LogP contribution in [0.2, 0.25) is 5.02 Å². The number of nitriles is 1. The van der Waals surface area contributed by atoms with Gasteiger partial charge in [-0.15, -0.1) is 0 Å². The van der Waals surface area contributed by atoms with Gasteiger partial charge in [0.1, 0.15) is 23.5 Å². The first kappa shape index (κ1) is 25.4. The molecule has 0 radical (unpaired) electrons. The number of aromatic amines is 1. The topological polar surface area (TPSA) is 136 Å². The minimum atomic E-state index is -0.877. The second kappa shape index (κ2) is 10.3. The summed E-state index contributed by atoms with van der Waals surface area (Å²) in [5, 5.41) is 18.8. The molecule has 3 atom stereocenters. The zero-order valence-corrected chi connectivity index (χ0v) is 20.5. The first-order chi connectivity index (χ1) is 16.0. The van der Waals surface area contributed by atoms with Gasteiger partial charge in [0.05, 0.1) is 18.2 Å². The zero-order valence-electron chi connectivity index (χ0n) is 19.8. The Hall–Kier alpha value is -3.25. The molecule has 2 heterocycles. The number of hydrogen-bond donors (Lipinski definition) is 4. The largest absolute Gasteiger partial charge is 0.494 e. The summed E-state index contributed by atoms with van der Waals surface area (Å²) in [7, 11) is 1.50. The van der Waals surface area contributed by atoms with Gasteiger partial charge in [-0.3, -0.25) is 14.4 Å². The molecule has 0 spiro atoms. The fourth-order valence-electron chi connectivity index (χ4n) is 4.11. The van der Waals surface area contributed by atoms with Crippen molar-refractivity contribution in [3.63, 3.8) is 0 Å². The molecule has 0 aliphatic carbocycles. The molecule has 3 rings (SSSR count). The summed E-state index contributed by atoms with van der Waals surface area (Å²) in [4.78, 5) is 41.1. The number of H-pyrrole nitrogens is 1. The van der Waals surface area contributed by atoms with Crippen LogP contribution in [-0.4, -0.2) is 48.4 Å². The van der Waals surface area contributed by atoms with Gasteiger partial charge in [-0.25, -0.2) is 0 Å². The molecule has 0 saturated carbocycles. The van der Waals surface area contributed by atoms with Gasteiger partial charge in [0, 0.05) is 23.4 Å². The highest BCUT2D eigenvalue weighted by molar-refractivity contribution is 6.33. The molecule has 0 bridgehead atoms. The first-order valence-electron chi connectivity index (χ1n) is 11.2. The van der Waals surface area contributed by atoms with Crippen LogP contribution in [-0.2, 0) is 9.59 Å². The van der Waals surface area contributed by atoms with Crippen LogP contribution >= 0.6 is 11.6 Å². The van der Waals surface area contributed by atoms with Crippen LogP contribution in [0, 0.1) is 22.7 Å². The van der Waals surface area contributed by atoms with Gasteiger partial charge in [0.25, 0.3) is 5.91 Å². The minimum absolute atomic E-state index is 0.108. The molecule has 9 nitrogen and oxygen atoms in total. The molecule has 10 heteroatoms. The van der Waals surface area contributed by atoms with Gasteiger partial charge in [-0.05, 0) is 42.9 Å². The van der Waals surface area contributed by atoms with Crippen LogP contribution < -0.4 is 20.7 Å². The van der Waals surface area contributed by atoms with E-state index in [-0.39, 0.29) is 29.4 Å². The highest BCUT2D eigenvalue weighted by Crippen LogP contribution is 2.33. The zero-order chi connectivity index (χ0) is 25.0. The van der Waals surface area contributed by atoms with Crippen LogP contribution in [0.5, 0.6) is 5.75 Å². The third-order valence-corrected chi connectivity index (χ3v) is 6.05. The summed E-state index contributed by atoms with van der Waals surface area (Å²) < 4.78 is 5.35. The van der Waals surface area contributed by atoms with E-state index in [0.29, 0.717) is 41.1 Å². The molecule has 1 aromatic heterocycles. The Kier molecular flexibility index (Phi) is 7.72. The van der Waals surface area contributed by atoms with Crippen LogP contribution in [0.25, 0.3) is 10.9 Å². The number of carbonyl (C=O) groups excluding carboxylic acids is 3. The molecule has 3 amide bonds. The summed E-state index contributed by atoms with van der Waals surface area (Å²) in [6.45, 7) is 6.44. The minimum Gasteiger partial charge on any atom is -0.494 e. The Labute approximate surface area is 203 Å². The molecule has 0 unspecified atom stereocenters. The van der Waals surface area contributed by atoms with Crippen molar-refractivity contribution in [3.8, 4) is 11.8 Å². The van der Waals surface area contributed by atoms with Crippen molar-refractivity contribution >= 4 is 40.2 Å². The number of nitrogens with one attached hydrogen (secondary N) is 4. The van der Waals surface area contributed by atoms with Crippen molar-refractivity contribution < 1.29 is 19.1 Å². The molecule has 1 fully saturated rings. The summed E-state index contributed by atoms with van der Waals surface area (Å²) in [5.74, 6) is -0.907. The highest BCUT2D eigenvalue weighted by atomic mass is 35.5. The summed E-state index contributed by atoms with van der Waals surface area (Å²) >= 11 is 6.18. The summed E-state index contributed by atoms with van der Waals surface area (Å²) in [6, 6.07) is 5.39. The van der Waals surface area contributed by atoms with E-state index in [0.717, 1.165) is 0 Å². The molecule has 1 aromatic carbocycles. The lowest BCUT2D eigenvalue weighted by molar-refractivity contribution is -0.125. The van der Waals surface area contributed by atoms with Crippen LogP contribution in [0.15, 0.2) is 18.2 Å². The predicted octanol–water partition coefficient (Wildman–Crippen LogP) is 2.90. The second-order valence-corrected chi connectivity index (χ2v) is 10.1. The van der Waals surface area contributed by atoms with E-state index in [4.69, 9.17) is 16.3 Å². The van der Waals surface area contributed by atoms with Gasteiger partial charge in [0.2, 0.25) is 11.8 Å². The normalized spacial score (nSPS) is 17.5. The molecule has 1 aliphatic rings. The summed E-state index contributed by atoms with van der Waals surface area (Å²) in [6.07, 6.45) is 1.21. The SMILES string of the molecule is COc1c(Cl)ccc2[nH]c(C(=O)N[C@@H](CC(C)(C)C)C(=O)N[C@H](C#N)C[C@@H]3CCNC3=O)cc12. The predicted molar refractivity (Wildman–Crippen MR) is 128 cm³/mol. The number of aromatic nitrogens is 1. The lowest BCUT2D eigenvalue weighted by atomic mass is 9.87. The highest BCUT2D eigenvalue weighted by Gasteiger charge is 2.32. The van der Waals surface area contributed by atoms with E-state index in [1.54, 1.807) is 18.2 Å². The van der Waals surface area contributed by atoms with E-state index in [1.807, 2.05) is 20.8 Å². The number of carbonyl (C=O) groups is 3. The second-order valence-electron chi connectivity index (χ2n) is 9.72. The van der Waals surface area contributed by atoms with Crippen LogP contribution in [0.1, 0.15) is 50.5 Å². The van der Waals surface area contributed by atoms with Crippen LogP contribution in [0.3, 0.4) is 0 Å². The monoisotopic (exact) mass is 487 g/mol. The van der Waals surface area contributed by atoms with Crippen molar-refractivity contribution in [2.24, 2.45) is 11.3 Å². The number of rotatable bonds is 8. The number of ether oxygens (including phenoxy) is 1. The van der Waals surface area contributed by atoms with Gasteiger partial charge >= 0.3 is 0 Å². The van der Waals surface area contributed by atoms with E-state index in [2.05, 4.69) is 27.0 Å². The Morgan fingerprint density at radius 2 is 2.06 bits per heavy atom. The van der Waals surface area contributed by atoms with Crippen LogP contribution in [0.4, 0.5) is 0 Å². The molecule has 2 aromatic rings. The van der Waals surface area contributed by atoms with Crippen molar-refractivity contribution in [1.82, 2.24) is 20.9 Å². The van der Waals surface area contributed by atoms with Crippen molar-refractivity contribution in [2.45, 2.75) is 52.1 Å². The Balaban J connectivity index is 1.77. The molecule has 1 aliphatic heterocycles. The summed E-state index contributed by atoms with van der Waals surface area (Å²) in [5.41, 5.74) is 0.643. The average molecular weight is 488 g/mol. The number of benzene rings is 1. The Bertz CT molecular complexity index is 1130. The fraction of sp³-hybridized carbons (Fsp3) is 0.500. The number of nitrogens with zero attached hydrogens (tertiary/aromatic N) is 1. The van der Waals surface area contributed by atoms with E-state index < -0.39 is 23.9 Å². The lowest BCUT2D eigenvalue weighted by Gasteiger charge is -2.27. The maximum Gasteiger partial charge on any atom is 0.268 e. The number of halogens is 1. The molecule has 182 valence electrons. The average Bonchev–Trinajstić information content (AvgIpc) is 3.37. The Morgan fingerprint density at radius 3 is 2.65 bits per heavy atom. The number of methoxy groups -OCH3 is 1. The van der Waals surface area contributed by atoms with Gasteiger partial charge in [0.15, 0.2) is 0 Å². The maximum absolute atomic E-state index is 13.1. The van der Waals surface area contributed by atoms with Gasteiger partial charge < -0.3 is 25.7 Å². The number of fused-ring (bicyclic) bond motifs is 1. The van der Waals surface area contributed by atoms with E-state index >= 15 is 0 Å². The van der Waals surface area contributed by atoms with E-state index in [9.17, 15) is 19.6 Å². The lowest BCUT2D eigenvalue weighted by Crippen LogP contribution is -2.51. The third kappa shape index (κ3) is 6.00. The third-order valence-electron chi connectivity index (χ3n) is 5.75.